The number of nitrogens with zero attached hydrogens (tertiary/aromatic N) is 1. The van der Waals surface area contributed by atoms with E-state index in [1.54, 1.807) is 0 Å². The Hall–Kier alpha value is -2.84. The molecule has 0 bridgehead atoms. The molecule has 1 atom stereocenters. The van der Waals surface area contributed by atoms with Crippen molar-refractivity contribution in [3.8, 4) is 5.75 Å². The minimum absolute atomic E-state index is 0.0602. The highest BCUT2D eigenvalue weighted by molar-refractivity contribution is 5.98. The molecular formula is C16H19FN4O4. The molecule has 8 nitrogen and oxygen atoms in total. The molecule has 1 saturated heterocycles. The number of hydrogen-bond donors (Lipinski definition) is 3. The smallest absolute Gasteiger partial charge is 0.322 e. The van der Waals surface area contributed by atoms with Gasteiger partial charge in [-0.2, -0.15) is 0 Å². The fraction of sp³-hybridized carbons (Fsp3) is 0.438. The van der Waals surface area contributed by atoms with E-state index in [1.807, 2.05) is 13.8 Å². The summed E-state index contributed by atoms with van der Waals surface area (Å²) in [5, 5.41) is 7.81. The van der Waals surface area contributed by atoms with Crippen LogP contribution in [0.15, 0.2) is 12.1 Å². The van der Waals surface area contributed by atoms with Crippen molar-refractivity contribution in [1.29, 1.82) is 0 Å². The van der Waals surface area contributed by atoms with Crippen molar-refractivity contribution in [2.24, 2.45) is 5.92 Å². The van der Waals surface area contributed by atoms with Crippen LogP contribution >= 0.6 is 0 Å². The van der Waals surface area contributed by atoms with E-state index in [9.17, 15) is 18.8 Å². The highest BCUT2D eigenvalue weighted by Crippen LogP contribution is 2.34. The number of halogens is 1. The maximum Gasteiger partial charge on any atom is 0.322 e. The third kappa shape index (κ3) is 3.35. The molecular weight excluding hydrogens is 331 g/mol. The molecule has 25 heavy (non-hydrogen) atoms. The lowest BCUT2D eigenvalue weighted by Crippen LogP contribution is -2.60. The summed E-state index contributed by atoms with van der Waals surface area (Å²) in [6, 6.07) is 1.43. The molecule has 0 aliphatic carbocycles. The lowest BCUT2D eigenvalue weighted by Gasteiger charge is -2.37. The number of amides is 4. The van der Waals surface area contributed by atoms with Crippen molar-refractivity contribution in [2.45, 2.75) is 19.9 Å². The van der Waals surface area contributed by atoms with Gasteiger partial charge < -0.3 is 25.6 Å². The number of carbonyl (C=O) groups excluding carboxylic acids is 3. The highest BCUT2D eigenvalue weighted by Gasteiger charge is 2.35. The summed E-state index contributed by atoms with van der Waals surface area (Å²) < 4.78 is 19.2. The van der Waals surface area contributed by atoms with Crippen LogP contribution in [-0.4, -0.2) is 48.5 Å². The fourth-order valence-electron chi connectivity index (χ4n) is 3.00. The Balaban J connectivity index is 1.81. The predicted octanol–water partition coefficient (Wildman–Crippen LogP) is 1.14. The summed E-state index contributed by atoms with van der Waals surface area (Å²) in [6.07, 6.45) is 0. The van der Waals surface area contributed by atoms with Gasteiger partial charge in [-0.25, -0.2) is 9.18 Å². The van der Waals surface area contributed by atoms with E-state index >= 15 is 0 Å². The molecule has 3 N–H and O–H groups in total. The summed E-state index contributed by atoms with van der Waals surface area (Å²) in [5.74, 6) is -1.43. The average molecular weight is 350 g/mol. The predicted molar refractivity (Wildman–Crippen MR) is 87.9 cm³/mol. The molecule has 0 aromatic heterocycles. The topological polar surface area (TPSA) is 99.8 Å². The first kappa shape index (κ1) is 17.0. The minimum Gasteiger partial charge on any atom is -0.478 e. The number of piperazine rings is 1. The number of anilines is 2. The molecule has 0 unspecified atom stereocenters. The maximum absolute atomic E-state index is 14.1. The van der Waals surface area contributed by atoms with Gasteiger partial charge >= 0.3 is 6.03 Å². The van der Waals surface area contributed by atoms with Gasteiger partial charge in [-0.15, -0.1) is 0 Å². The molecule has 2 aliphatic heterocycles. The van der Waals surface area contributed by atoms with Crippen LogP contribution in [0.2, 0.25) is 0 Å². The van der Waals surface area contributed by atoms with Gasteiger partial charge in [0.2, 0.25) is 5.91 Å². The molecule has 0 spiro atoms. The highest BCUT2D eigenvalue weighted by atomic mass is 19.1. The van der Waals surface area contributed by atoms with Crippen molar-refractivity contribution >= 4 is 29.2 Å². The standard InChI is InChI=1S/C16H19FN4O4/c1-8(2)13-15(23)18-3-4-21(13)16(24)19-9-5-10(17)14-11(6-9)20-12(22)7-25-14/h5-6,8,13H,3-4,7H2,1-2H3,(H,18,23)(H,19,24)(H,20,22)/t13-/m1/s1. The molecule has 1 aromatic carbocycles. The Morgan fingerprint density at radius 1 is 1.40 bits per heavy atom. The van der Waals surface area contributed by atoms with Gasteiger partial charge in [-0.1, -0.05) is 13.8 Å². The Labute approximate surface area is 143 Å². The van der Waals surface area contributed by atoms with E-state index in [1.165, 1.54) is 11.0 Å². The largest absolute Gasteiger partial charge is 0.478 e. The monoisotopic (exact) mass is 350 g/mol. The van der Waals surface area contributed by atoms with Gasteiger partial charge in [0.05, 0.1) is 5.69 Å². The average Bonchev–Trinajstić information content (AvgIpc) is 2.53. The minimum atomic E-state index is -0.690. The van der Waals surface area contributed by atoms with E-state index in [0.29, 0.717) is 13.1 Å². The van der Waals surface area contributed by atoms with Crippen molar-refractivity contribution in [1.82, 2.24) is 10.2 Å². The fourth-order valence-corrected chi connectivity index (χ4v) is 3.00. The zero-order valence-electron chi connectivity index (χ0n) is 13.9. The number of urea groups is 1. The first-order valence-corrected chi connectivity index (χ1v) is 7.98. The molecule has 2 heterocycles. The Bertz CT molecular complexity index is 737. The second kappa shape index (κ2) is 6.58. The van der Waals surface area contributed by atoms with Crippen molar-refractivity contribution in [3.63, 3.8) is 0 Å². The van der Waals surface area contributed by atoms with Gasteiger partial charge in [0.25, 0.3) is 5.91 Å². The van der Waals surface area contributed by atoms with E-state index in [4.69, 9.17) is 4.74 Å². The SMILES string of the molecule is CC(C)[C@@H]1C(=O)NCCN1C(=O)Nc1cc(F)c2c(c1)NC(=O)CO2. The van der Waals surface area contributed by atoms with Crippen LogP contribution in [0.4, 0.5) is 20.6 Å². The molecule has 0 saturated carbocycles. The third-order valence-electron chi connectivity index (χ3n) is 4.07. The van der Waals surface area contributed by atoms with Gasteiger partial charge in [-0.05, 0) is 12.0 Å². The molecule has 0 radical (unpaired) electrons. The normalized spacial score (nSPS) is 19.7. The molecule has 9 heteroatoms. The number of benzene rings is 1. The second-order valence-corrected chi connectivity index (χ2v) is 6.28. The van der Waals surface area contributed by atoms with Crippen LogP contribution in [0.1, 0.15) is 13.8 Å². The summed E-state index contributed by atoms with van der Waals surface area (Å²) in [5.41, 5.74) is 0.323. The molecule has 2 aliphatic rings. The van der Waals surface area contributed by atoms with Crippen LogP contribution in [-0.2, 0) is 9.59 Å². The van der Waals surface area contributed by atoms with Crippen LogP contribution in [0, 0.1) is 11.7 Å². The van der Waals surface area contributed by atoms with Crippen molar-refractivity contribution in [2.75, 3.05) is 30.3 Å². The Morgan fingerprint density at radius 3 is 2.88 bits per heavy atom. The van der Waals surface area contributed by atoms with Crippen LogP contribution in [0.3, 0.4) is 0 Å². The lowest BCUT2D eigenvalue weighted by molar-refractivity contribution is -0.129. The van der Waals surface area contributed by atoms with Gasteiger partial charge in [0.1, 0.15) is 6.04 Å². The Morgan fingerprint density at radius 2 is 2.16 bits per heavy atom. The molecule has 1 fully saturated rings. The molecule has 3 rings (SSSR count). The zero-order valence-corrected chi connectivity index (χ0v) is 13.9. The van der Waals surface area contributed by atoms with Crippen molar-refractivity contribution < 1.29 is 23.5 Å². The number of ether oxygens (including phenoxy) is 1. The summed E-state index contributed by atoms with van der Waals surface area (Å²) in [7, 11) is 0. The zero-order chi connectivity index (χ0) is 18.1. The Kier molecular flexibility index (Phi) is 4.47. The molecule has 4 amide bonds. The second-order valence-electron chi connectivity index (χ2n) is 6.28. The van der Waals surface area contributed by atoms with E-state index < -0.39 is 23.8 Å². The number of rotatable bonds is 2. The van der Waals surface area contributed by atoms with E-state index in [0.717, 1.165) is 6.07 Å². The quantitative estimate of drug-likeness (QED) is 0.745. The van der Waals surface area contributed by atoms with Crippen molar-refractivity contribution in [3.05, 3.63) is 17.9 Å². The number of nitrogens with one attached hydrogen (secondary N) is 3. The lowest BCUT2D eigenvalue weighted by atomic mass is 10.00. The number of fused-ring (bicyclic) bond motifs is 1. The third-order valence-corrected chi connectivity index (χ3v) is 4.07. The number of hydrogen-bond acceptors (Lipinski definition) is 4. The summed E-state index contributed by atoms with van der Waals surface area (Å²) in [4.78, 5) is 37.4. The van der Waals surface area contributed by atoms with E-state index in [-0.39, 0.29) is 35.6 Å². The van der Waals surface area contributed by atoms with Crippen LogP contribution in [0.5, 0.6) is 5.75 Å². The molecule has 134 valence electrons. The van der Waals surface area contributed by atoms with Crippen LogP contribution < -0.4 is 20.7 Å². The van der Waals surface area contributed by atoms with Gasteiger partial charge in [0, 0.05) is 24.8 Å². The first-order chi connectivity index (χ1) is 11.9. The first-order valence-electron chi connectivity index (χ1n) is 7.98. The summed E-state index contributed by atoms with van der Waals surface area (Å²) in [6.45, 7) is 4.16. The maximum atomic E-state index is 14.1. The van der Waals surface area contributed by atoms with E-state index in [2.05, 4.69) is 16.0 Å². The van der Waals surface area contributed by atoms with Gasteiger partial charge in [-0.3, -0.25) is 9.59 Å². The summed E-state index contributed by atoms with van der Waals surface area (Å²) >= 11 is 0. The van der Waals surface area contributed by atoms with Gasteiger partial charge in [0.15, 0.2) is 18.2 Å². The number of carbonyl (C=O) groups is 3. The van der Waals surface area contributed by atoms with Crippen LogP contribution in [0.25, 0.3) is 0 Å². The molecule has 1 aromatic rings.